The van der Waals surface area contributed by atoms with Gasteiger partial charge in [0.25, 0.3) is 0 Å². The second kappa shape index (κ2) is 5.63. The summed E-state index contributed by atoms with van der Waals surface area (Å²) in [6, 6.07) is 0.589. The molecular weight excluding hydrogens is 260 g/mol. The topological polar surface area (TPSA) is 41.0 Å². The van der Waals surface area contributed by atoms with Crippen molar-refractivity contribution in [1.29, 1.82) is 0 Å². The van der Waals surface area contributed by atoms with Crippen LogP contribution in [0, 0.1) is 0 Å². The van der Waals surface area contributed by atoms with Crippen LogP contribution in [0.3, 0.4) is 0 Å². The van der Waals surface area contributed by atoms with E-state index in [0.717, 1.165) is 38.3 Å². The fourth-order valence-corrected chi connectivity index (χ4v) is 3.29. The second-order valence-electron chi connectivity index (χ2n) is 5.48. The number of hydrogen-bond acceptors (Lipinski definition) is 4. The summed E-state index contributed by atoms with van der Waals surface area (Å²) in [5, 5.41) is 4.00. The normalized spacial score (nSPS) is 22.0. The molecule has 0 saturated carbocycles. The maximum atomic E-state index is 6.06. The zero-order valence-corrected chi connectivity index (χ0v) is 12.2. The molecule has 1 atom stereocenters. The van der Waals surface area contributed by atoms with Crippen LogP contribution in [0.2, 0.25) is 5.28 Å². The molecule has 0 unspecified atom stereocenters. The molecule has 1 aromatic heterocycles. The maximum absolute atomic E-state index is 6.06. The van der Waals surface area contributed by atoms with Gasteiger partial charge >= 0.3 is 0 Å². The predicted octanol–water partition coefficient (Wildman–Crippen LogP) is 2.20. The fraction of sp³-hybridized carbons (Fsp3) is 0.714. The molecule has 4 nitrogen and oxygen atoms in total. The molecule has 1 aliphatic heterocycles. The molecule has 2 heterocycles. The highest BCUT2D eigenvalue weighted by Crippen LogP contribution is 2.31. The Balaban J connectivity index is 1.77. The van der Waals surface area contributed by atoms with Crippen molar-refractivity contribution >= 4 is 17.4 Å². The van der Waals surface area contributed by atoms with Gasteiger partial charge in [-0.15, -0.1) is 0 Å². The number of fused-ring (bicyclic) bond motifs is 1. The highest BCUT2D eigenvalue weighted by Gasteiger charge is 2.28. The van der Waals surface area contributed by atoms with E-state index in [1.807, 2.05) is 0 Å². The van der Waals surface area contributed by atoms with Crippen molar-refractivity contribution in [1.82, 2.24) is 15.3 Å². The van der Waals surface area contributed by atoms with Gasteiger partial charge in [-0.05, 0) is 50.2 Å². The van der Waals surface area contributed by atoms with Gasteiger partial charge in [-0.3, -0.25) is 0 Å². The molecule has 2 aliphatic rings. The smallest absolute Gasteiger partial charge is 0.224 e. The largest absolute Gasteiger partial charge is 0.355 e. The van der Waals surface area contributed by atoms with Gasteiger partial charge in [-0.1, -0.05) is 6.92 Å². The Hall–Kier alpha value is -0.870. The van der Waals surface area contributed by atoms with Gasteiger partial charge in [0.1, 0.15) is 5.82 Å². The lowest BCUT2D eigenvalue weighted by Crippen LogP contribution is -2.33. The Morgan fingerprint density at radius 1 is 1.37 bits per heavy atom. The first-order valence-electron chi connectivity index (χ1n) is 7.31. The van der Waals surface area contributed by atoms with E-state index in [-0.39, 0.29) is 0 Å². The van der Waals surface area contributed by atoms with Crippen LogP contribution in [-0.2, 0) is 12.8 Å². The van der Waals surface area contributed by atoms with Crippen molar-refractivity contribution in [3.8, 4) is 0 Å². The van der Waals surface area contributed by atoms with E-state index < -0.39 is 0 Å². The third kappa shape index (κ3) is 2.70. The van der Waals surface area contributed by atoms with Gasteiger partial charge in [0, 0.05) is 24.7 Å². The molecule has 3 rings (SSSR count). The van der Waals surface area contributed by atoms with Crippen LogP contribution in [-0.4, -0.2) is 35.6 Å². The standard InChI is InChI=1S/C14H21ClN4/c1-2-7-16-10-6-8-19(9-10)13-11-4-3-5-12(11)17-14(15)18-13/h10,16H,2-9H2,1H3/t10-/m0/s1. The van der Waals surface area contributed by atoms with Crippen LogP contribution in [0.15, 0.2) is 0 Å². The van der Waals surface area contributed by atoms with E-state index in [1.165, 1.54) is 30.5 Å². The minimum atomic E-state index is 0.403. The highest BCUT2D eigenvalue weighted by molar-refractivity contribution is 6.28. The summed E-state index contributed by atoms with van der Waals surface area (Å²) in [5.41, 5.74) is 2.50. The monoisotopic (exact) mass is 280 g/mol. The predicted molar refractivity (Wildman–Crippen MR) is 78.0 cm³/mol. The van der Waals surface area contributed by atoms with E-state index in [2.05, 4.69) is 27.1 Å². The zero-order chi connectivity index (χ0) is 13.2. The van der Waals surface area contributed by atoms with Gasteiger partial charge in [0.05, 0.1) is 5.69 Å². The molecule has 104 valence electrons. The van der Waals surface area contributed by atoms with Crippen molar-refractivity contribution in [2.75, 3.05) is 24.5 Å². The molecule has 1 N–H and O–H groups in total. The average Bonchev–Trinajstić information content (AvgIpc) is 3.03. The number of halogens is 1. The van der Waals surface area contributed by atoms with Crippen LogP contribution >= 0.6 is 11.6 Å². The Kier molecular flexibility index (Phi) is 3.89. The summed E-state index contributed by atoms with van der Waals surface area (Å²) < 4.78 is 0. The molecule has 1 aliphatic carbocycles. The molecule has 0 aromatic carbocycles. The van der Waals surface area contributed by atoms with E-state index in [9.17, 15) is 0 Å². The minimum absolute atomic E-state index is 0.403. The van der Waals surface area contributed by atoms with Crippen LogP contribution in [0.5, 0.6) is 0 Å². The lowest BCUT2D eigenvalue weighted by atomic mass is 10.2. The number of anilines is 1. The Bertz CT molecular complexity index is 463. The van der Waals surface area contributed by atoms with Crippen molar-refractivity contribution in [3.63, 3.8) is 0 Å². The third-order valence-electron chi connectivity index (χ3n) is 4.05. The fourth-order valence-electron chi connectivity index (χ4n) is 3.11. The van der Waals surface area contributed by atoms with Crippen LogP contribution in [0.4, 0.5) is 5.82 Å². The Morgan fingerprint density at radius 3 is 3.11 bits per heavy atom. The van der Waals surface area contributed by atoms with E-state index in [4.69, 9.17) is 11.6 Å². The van der Waals surface area contributed by atoms with Crippen molar-refractivity contribution in [2.45, 2.75) is 45.1 Å². The molecule has 1 aromatic rings. The van der Waals surface area contributed by atoms with Crippen LogP contribution in [0.25, 0.3) is 0 Å². The highest BCUT2D eigenvalue weighted by atomic mass is 35.5. The Morgan fingerprint density at radius 2 is 2.26 bits per heavy atom. The molecule has 0 radical (unpaired) electrons. The minimum Gasteiger partial charge on any atom is -0.355 e. The first-order chi connectivity index (χ1) is 9.28. The summed E-state index contributed by atoms with van der Waals surface area (Å²) in [5.74, 6) is 1.09. The SMILES string of the molecule is CCCN[C@H]1CCN(c2nc(Cl)nc3c2CCC3)C1. The molecule has 19 heavy (non-hydrogen) atoms. The van der Waals surface area contributed by atoms with Gasteiger partial charge in [0.15, 0.2) is 0 Å². The van der Waals surface area contributed by atoms with Gasteiger partial charge in [0.2, 0.25) is 5.28 Å². The molecular formula is C14H21ClN4. The second-order valence-corrected chi connectivity index (χ2v) is 5.82. The van der Waals surface area contributed by atoms with E-state index in [1.54, 1.807) is 0 Å². The van der Waals surface area contributed by atoms with Crippen molar-refractivity contribution < 1.29 is 0 Å². The van der Waals surface area contributed by atoms with Crippen LogP contribution in [0.1, 0.15) is 37.4 Å². The molecule has 0 amide bonds. The summed E-state index contributed by atoms with van der Waals surface area (Å²) in [6.45, 7) is 5.42. The third-order valence-corrected chi connectivity index (χ3v) is 4.22. The lowest BCUT2D eigenvalue weighted by Gasteiger charge is -2.20. The zero-order valence-electron chi connectivity index (χ0n) is 11.5. The number of nitrogens with zero attached hydrogens (tertiary/aromatic N) is 3. The number of rotatable bonds is 4. The van der Waals surface area contributed by atoms with Gasteiger partial charge in [-0.25, -0.2) is 9.97 Å². The van der Waals surface area contributed by atoms with Gasteiger partial charge < -0.3 is 10.2 Å². The quantitative estimate of drug-likeness (QED) is 0.859. The summed E-state index contributed by atoms with van der Waals surface area (Å²) in [4.78, 5) is 11.2. The molecule has 0 bridgehead atoms. The average molecular weight is 281 g/mol. The summed E-state index contributed by atoms with van der Waals surface area (Å²) in [7, 11) is 0. The van der Waals surface area contributed by atoms with Crippen molar-refractivity contribution in [3.05, 3.63) is 16.5 Å². The van der Waals surface area contributed by atoms with Crippen LogP contribution < -0.4 is 10.2 Å². The van der Waals surface area contributed by atoms with Gasteiger partial charge in [-0.2, -0.15) is 0 Å². The van der Waals surface area contributed by atoms with Crippen molar-refractivity contribution in [2.24, 2.45) is 0 Å². The molecule has 0 spiro atoms. The summed E-state index contributed by atoms with van der Waals surface area (Å²) >= 11 is 6.06. The lowest BCUT2D eigenvalue weighted by molar-refractivity contribution is 0.549. The van der Waals surface area contributed by atoms with E-state index in [0.29, 0.717) is 11.3 Å². The molecule has 5 heteroatoms. The van der Waals surface area contributed by atoms with E-state index >= 15 is 0 Å². The first-order valence-corrected chi connectivity index (χ1v) is 7.69. The first kappa shape index (κ1) is 13.1. The Labute approximate surface area is 119 Å². The number of aromatic nitrogens is 2. The summed E-state index contributed by atoms with van der Waals surface area (Å²) in [6.07, 6.45) is 5.71. The molecule has 1 fully saturated rings. The number of nitrogens with one attached hydrogen (secondary N) is 1. The number of aryl methyl sites for hydroxylation is 1. The molecule has 1 saturated heterocycles. The maximum Gasteiger partial charge on any atom is 0.224 e. The number of hydrogen-bond donors (Lipinski definition) is 1.